The standard InChI is InChI=1S/C49H45N3/c1-8-33-18-20-34(21-19-33)37-12-9-15-40(30-37)45-50-46(41-16-10-13-38(31-41)35-22-26-43(27-23-35)48(2,3)4)52-47(51-45)42-17-11-14-39(32-42)36-24-28-44(29-25-36)49(5,6)7/h8-32H,1H2,2-7H3. The van der Waals surface area contributed by atoms with Gasteiger partial charge in [0.15, 0.2) is 17.5 Å². The molecule has 0 atom stereocenters. The van der Waals surface area contributed by atoms with Gasteiger partial charge in [-0.3, -0.25) is 0 Å². The molecule has 0 N–H and O–H groups in total. The Kier molecular flexibility index (Phi) is 9.29. The van der Waals surface area contributed by atoms with E-state index >= 15 is 0 Å². The molecule has 0 saturated carbocycles. The Hall–Kier alpha value is -5.93. The molecule has 1 heterocycles. The van der Waals surface area contributed by atoms with E-state index in [1.54, 1.807) is 0 Å². The van der Waals surface area contributed by atoms with E-state index in [0.717, 1.165) is 55.6 Å². The van der Waals surface area contributed by atoms with E-state index in [9.17, 15) is 0 Å². The molecule has 52 heavy (non-hydrogen) atoms. The maximum Gasteiger partial charge on any atom is 0.164 e. The van der Waals surface area contributed by atoms with Crippen molar-refractivity contribution in [1.29, 1.82) is 0 Å². The van der Waals surface area contributed by atoms with Crippen LogP contribution in [0.25, 0.3) is 73.6 Å². The topological polar surface area (TPSA) is 38.7 Å². The Morgan fingerprint density at radius 2 is 0.654 bits per heavy atom. The van der Waals surface area contributed by atoms with Crippen LogP contribution in [0.15, 0.2) is 152 Å². The second-order valence-corrected chi connectivity index (χ2v) is 15.5. The van der Waals surface area contributed by atoms with Gasteiger partial charge in [-0.25, -0.2) is 15.0 Å². The lowest BCUT2D eigenvalue weighted by atomic mass is 9.86. The highest BCUT2D eigenvalue weighted by atomic mass is 15.0. The highest BCUT2D eigenvalue weighted by Gasteiger charge is 2.17. The fourth-order valence-electron chi connectivity index (χ4n) is 6.41. The molecule has 0 aliphatic rings. The van der Waals surface area contributed by atoms with Crippen molar-refractivity contribution in [3.05, 3.63) is 169 Å². The van der Waals surface area contributed by atoms with Crippen LogP contribution < -0.4 is 0 Å². The second-order valence-electron chi connectivity index (χ2n) is 15.5. The fraction of sp³-hybridized carbons (Fsp3) is 0.163. The van der Waals surface area contributed by atoms with Gasteiger partial charge < -0.3 is 0 Å². The molecule has 0 fully saturated rings. The van der Waals surface area contributed by atoms with Gasteiger partial charge in [-0.1, -0.05) is 182 Å². The van der Waals surface area contributed by atoms with Crippen LogP contribution in [0.5, 0.6) is 0 Å². The molecule has 3 heteroatoms. The van der Waals surface area contributed by atoms with E-state index in [4.69, 9.17) is 15.0 Å². The molecule has 0 aliphatic carbocycles. The first-order valence-electron chi connectivity index (χ1n) is 18.0. The molecule has 3 nitrogen and oxygen atoms in total. The minimum atomic E-state index is 0.0948. The molecule has 0 bridgehead atoms. The molecule has 0 unspecified atom stereocenters. The van der Waals surface area contributed by atoms with Crippen molar-refractivity contribution in [3.8, 4) is 67.5 Å². The molecule has 7 rings (SSSR count). The summed E-state index contributed by atoms with van der Waals surface area (Å²) < 4.78 is 0. The number of hydrogen-bond acceptors (Lipinski definition) is 3. The summed E-state index contributed by atoms with van der Waals surface area (Å²) in [5, 5.41) is 0. The molecule has 6 aromatic carbocycles. The molecule has 7 aromatic rings. The van der Waals surface area contributed by atoms with Gasteiger partial charge in [0.2, 0.25) is 0 Å². The van der Waals surface area contributed by atoms with Gasteiger partial charge in [0.05, 0.1) is 0 Å². The lowest BCUT2D eigenvalue weighted by Crippen LogP contribution is -2.10. The van der Waals surface area contributed by atoms with E-state index in [0.29, 0.717) is 17.5 Å². The fourth-order valence-corrected chi connectivity index (χ4v) is 6.41. The Labute approximate surface area is 308 Å². The minimum Gasteiger partial charge on any atom is -0.208 e. The summed E-state index contributed by atoms with van der Waals surface area (Å²) in [6.07, 6.45) is 1.86. The lowest BCUT2D eigenvalue weighted by molar-refractivity contribution is 0.590. The Balaban J connectivity index is 1.33. The number of rotatable bonds is 7. The number of benzene rings is 6. The van der Waals surface area contributed by atoms with Gasteiger partial charge in [0.25, 0.3) is 0 Å². The monoisotopic (exact) mass is 675 g/mol. The average molecular weight is 676 g/mol. The first kappa shape index (κ1) is 34.5. The third-order valence-corrected chi connectivity index (χ3v) is 9.65. The van der Waals surface area contributed by atoms with Crippen LogP contribution in [0.3, 0.4) is 0 Å². The number of aromatic nitrogens is 3. The van der Waals surface area contributed by atoms with Gasteiger partial charge >= 0.3 is 0 Å². The Morgan fingerprint density at radius 3 is 0.942 bits per heavy atom. The molecule has 0 aliphatic heterocycles. The van der Waals surface area contributed by atoms with Gasteiger partial charge in [0.1, 0.15) is 0 Å². The van der Waals surface area contributed by atoms with Crippen molar-refractivity contribution >= 4 is 6.08 Å². The number of hydrogen-bond donors (Lipinski definition) is 0. The molecule has 0 radical (unpaired) electrons. The van der Waals surface area contributed by atoms with E-state index in [-0.39, 0.29) is 10.8 Å². The van der Waals surface area contributed by atoms with Crippen LogP contribution >= 0.6 is 0 Å². The summed E-state index contributed by atoms with van der Waals surface area (Å²) in [6, 6.07) is 51.6. The van der Waals surface area contributed by atoms with Gasteiger partial charge in [-0.05, 0) is 79.1 Å². The second kappa shape index (κ2) is 14.0. The van der Waals surface area contributed by atoms with Crippen molar-refractivity contribution in [2.45, 2.75) is 52.4 Å². The highest BCUT2D eigenvalue weighted by molar-refractivity contribution is 5.76. The maximum absolute atomic E-state index is 5.13. The summed E-state index contributed by atoms with van der Waals surface area (Å²) >= 11 is 0. The van der Waals surface area contributed by atoms with Gasteiger partial charge in [-0.15, -0.1) is 0 Å². The van der Waals surface area contributed by atoms with Gasteiger partial charge in [0, 0.05) is 16.7 Å². The van der Waals surface area contributed by atoms with Crippen molar-refractivity contribution in [1.82, 2.24) is 15.0 Å². The molecule has 0 spiro atoms. The van der Waals surface area contributed by atoms with E-state index in [1.807, 2.05) is 6.08 Å². The van der Waals surface area contributed by atoms with Crippen molar-refractivity contribution in [2.24, 2.45) is 0 Å². The summed E-state index contributed by atoms with van der Waals surface area (Å²) in [6.45, 7) is 17.3. The predicted molar refractivity (Wildman–Crippen MR) is 220 cm³/mol. The molecule has 0 saturated heterocycles. The lowest BCUT2D eigenvalue weighted by Gasteiger charge is -2.19. The summed E-state index contributed by atoms with van der Waals surface area (Å²) in [5.41, 5.74) is 13.5. The van der Waals surface area contributed by atoms with Crippen LogP contribution in [0.2, 0.25) is 0 Å². The minimum absolute atomic E-state index is 0.0948. The third kappa shape index (κ3) is 7.55. The molecular weight excluding hydrogens is 631 g/mol. The van der Waals surface area contributed by atoms with Crippen LogP contribution in [-0.4, -0.2) is 15.0 Å². The zero-order chi connectivity index (χ0) is 36.5. The summed E-state index contributed by atoms with van der Waals surface area (Å²) in [4.78, 5) is 15.4. The van der Waals surface area contributed by atoms with Crippen LogP contribution in [0, 0.1) is 0 Å². The van der Waals surface area contributed by atoms with E-state index in [1.165, 1.54) is 11.1 Å². The summed E-state index contributed by atoms with van der Waals surface area (Å²) in [7, 11) is 0. The first-order valence-corrected chi connectivity index (χ1v) is 18.0. The Morgan fingerprint density at radius 1 is 0.365 bits per heavy atom. The van der Waals surface area contributed by atoms with Crippen LogP contribution in [0.1, 0.15) is 58.2 Å². The largest absolute Gasteiger partial charge is 0.208 e. The molecule has 256 valence electrons. The first-order chi connectivity index (χ1) is 24.9. The average Bonchev–Trinajstić information content (AvgIpc) is 3.17. The highest BCUT2D eigenvalue weighted by Crippen LogP contribution is 2.33. The molecular formula is C49H45N3. The normalized spacial score (nSPS) is 11.7. The van der Waals surface area contributed by atoms with E-state index in [2.05, 4.69) is 194 Å². The molecule has 0 amide bonds. The third-order valence-electron chi connectivity index (χ3n) is 9.65. The van der Waals surface area contributed by atoms with Crippen molar-refractivity contribution in [2.75, 3.05) is 0 Å². The SMILES string of the molecule is C=Cc1ccc(-c2cccc(-c3nc(-c4cccc(-c5ccc(C(C)(C)C)cc5)c4)nc(-c4cccc(-c5ccc(C(C)(C)C)cc5)c4)n3)c2)cc1. The summed E-state index contributed by atoms with van der Waals surface area (Å²) in [5.74, 6) is 1.90. The Bertz CT molecular complexity index is 2230. The smallest absolute Gasteiger partial charge is 0.164 e. The zero-order valence-corrected chi connectivity index (χ0v) is 31.0. The van der Waals surface area contributed by atoms with Crippen LogP contribution in [0.4, 0.5) is 0 Å². The quantitative estimate of drug-likeness (QED) is 0.169. The van der Waals surface area contributed by atoms with Crippen LogP contribution in [-0.2, 0) is 10.8 Å². The number of nitrogens with zero attached hydrogens (tertiary/aromatic N) is 3. The van der Waals surface area contributed by atoms with Crippen molar-refractivity contribution in [3.63, 3.8) is 0 Å². The van der Waals surface area contributed by atoms with Crippen molar-refractivity contribution < 1.29 is 0 Å². The zero-order valence-electron chi connectivity index (χ0n) is 31.0. The molecule has 1 aromatic heterocycles. The predicted octanol–water partition coefficient (Wildman–Crippen LogP) is 13.1. The van der Waals surface area contributed by atoms with Gasteiger partial charge in [-0.2, -0.15) is 0 Å². The van der Waals surface area contributed by atoms with E-state index < -0.39 is 0 Å². The maximum atomic E-state index is 5.13.